The lowest BCUT2D eigenvalue weighted by Crippen LogP contribution is -2.21. The summed E-state index contributed by atoms with van der Waals surface area (Å²) in [4.78, 5) is 15.8. The van der Waals surface area contributed by atoms with Crippen LogP contribution in [0.3, 0.4) is 0 Å². The van der Waals surface area contributed by atoms with Crippen molar-refractivity contribution in [2.45, 2.75) is 6.61 Å². The lowest BCUT2D eigenvalue weighted by Gasteiger charge is -2.12. The van der Waals surface area contributed by atoms with Gasteiger partial charge in [0.15, 0.2) is 4.77 Å². The van der Waals surface area contributed by atoms with Gasteiger partial charge in [-0.25, -0.2) is 0 Å². The Morgan fingerprint density at radius 3 is 2.67 bits per heavy atom. The van der Waals surface area contributed by atoms with Gasteiger partial charge in [0.25, 0.3) is 5.56 Å². The molecule has 0 radical (unpaired) electrons. The van der Waals surface area contributed by atoms with Crippen molar-refractivity contribution in [1.82, 2.24) is 9.55 Å². The number of ether oxygens (including phenoxy) is 1. The molecule has 4 nitrogen and oxygen atoms in total. The maximum absolute atomic E-state index is 12.7. The van der Waals surface area contributed by atoms with E-state index in [1.54, 1.807) is 13.2 Å². The third-order valence-corrected chi connectivity index (χ3v) is 3.62. The van der Waals surface area contributed by atoms with Crippen molar-refractivity contribution in [2.24, 2.45) is 0 Å². The molecule has 1 aromatic heterocycles. The minimum Gasteiger partial charge on any atom is -0.380 e. The Morgan fingerprint density at radius 1 is 1.14 bits per heavy atom. The van der Waals surface area contributed by atoms with E-state index >= 15 is 0 Å². The molecule has 3 aromatic rings. The molecule has 1 heterocycles. The number of aromatic nitrogens is 2. The molecule has 0 aliphatic rings. The zero-order chi connectivity index (χ0) is 14.8. The van der Waals surface area contributed by atoms with Gasteiger partial charge in [0.05, 0.1) is 23.2 Å². The Balaban J connectivity index is 2.36. The number of H-pyrrole nitrogens is 1. The van der Waals surface area contributed by atoms with Gasteiger partial charge in [-0.1, -0.05) is 30.3 Å². The average Bonchev–Trinajstić information content (AvgIpc) is 2.49. The number of nitrogens with zero attached hydrogens (tertiary/aromatic N) is 1. The first kappa shape index (κ1) is 13.7. The molecule has 0 aliphatic heterocycles. The van der Waals surface area contributed by atoms with Crippen molar-refractivity contribution in [2.75, 3.05) is 7.11 Å². The minimum atomic E-state index is -0.127. The summed E-state index contributed by atoms with van der Waals surface area (Å²) < 4.78 is 7.09. The Kier molecular flexibility index (Phi) is 3.68. The van der Waals surface area contributed by atoms with Crippen LogP contribution in [0.5, 0.6) is 0 Å². The summed E-state index contributed by atoms with van der Waals surface area (Å²) in [5.41, 5.74) is 2.28. The highest BCUT2D eigenvalue weighted by atomic mass is 32.1. The van der Waals surface area contributed by atoms with E-state index in [0.29, 0.717) is 16.8 Å². The molecule has 1 N–H and O–H groups in total. The fourth-order valence-electron chi connectivity index (χ4n) is 2.39. The second-order valence-electron chi connectivity index (χ2n) is 4.68. The first-order valence-corrected chi connectivity index (χ1v) is 6.94. The van der Waals surface area contributed by atoms with Crippen LogP contribution in [-0.2, 0) is 11.3 Å². The molecular formula is C16H14N2O2S. The molecule has 0 spiro atoms. The molecule has 106 valence electrons. The maximum Gasteiger partial charge on any atom is 0.266 e. The number of aromatic amines is 1. The molecule has 21 heavy (non-hydrogen) atoms. The fraction of sp³-hybridized carbons (Fsp3) is 0.125. The van der Waals surface area contributed by atoms with E-state index in [2.05, 4.69) is 4.98 Å². The predicted octanol–water partition coefficient (Wildman–Crippen LogP) is 3.19. The minimum absolute atomic E-state index is 0.127. The van der Waals surface area contributed by atoms with Crippen molar-refractivity contribution in [3.8, 4) is 5.69 Å². The van der Waals surface area contributed by atoms with Crippen LogP contribution in [0, 0.1) is 4.77 Å². The number of hydrogen-bond acceptors (Lipinski definition) is 3. The second kappa shape index (κ2) is 5.63. The Morgan fingerprint density at radius 2 is 1.86 bits per heavy atom. The van der Waals surface area contributed by atoms with Crippen LogP contribution in [0.4, 0.5) is 0 Å². The summed E-state index contributed by atoms with van der Waals surface area (Å²) in [6, 6.07) is 14.9. The Bertz CT molecular complexity index is 912. The first-order chi connectivity index (χ1) is 10.2. The monoisotopic (exact) mass is 298 g/mol. The highest BCUT2D eigenvalue weighted by Gasteiger charge is 2.10. The fourth-order valence-corrected chi connectivity index (χ4v) is 2.68. The van der Waals surface area contributed by atoms with Gasteiger partial charge in [0.1, 0.15) is 0 Å². The number of para-hydroxylation sites is 2. The molecule has 0 amide bonds. The van der Waals surface area contributed by atoms with Crippen molar-refractivity contribution in [3.05, 3.63) is 69.2 Å². The van der Waals surface area contributed by atoms with Crippen LogP contribution in [0.2, 0.25) is 0 Å². The smallest absolute Gasteiger partial charge is 0.266 e. The number of rotatable bonds is 3. The Labute approximate surface area is 126 Å². The standard InChI is InChI=1S/C16H14N2O2S/c1-20-10-11-6-2-5-9-14(11)18-15(19)12-7-3-4-8-13(12)17-16(18)21/h2-9H,10H2,1H3,(H,17,21). The van der Waals surface area contributed by atoms with Crippen LogP contribution >= 0.6 is 12.2 Å². The first-order valence-electron chi connectivity index (χ1n) is 6.53. The normalized spacial score (nSPS) is 10.9. The van der Waals surface area contributed by atoms with E-state index in [1.807, 2.05) is 42.5 Å². The van der Waals surface area contributed by atoms with E-state index in [4.69, 9.17) is 17.0 Å². The van der Waals surface area contributed by atoms with E-state index in [1.165, 1.54) is 4.57 Å². The van der Waals surface area contributed by atoms with Gasteiger partial charge in [-0.3, -0.25) is 9.36 Å². The molecule has 0 aliphatic carbocycles. The van der Waals surface area contributed by atoms with Crippen LogP contribution in [-0.4, -0.2) is 16.7 Å². The summed E-state index contributed by atoms with van der Waals surface area (Å²) >= 11 is 5.36. The SMILES string of the molecule is COCc1ccccc1-n1c(=S)[nH]c2ccccc2c1=O. The lowest BCUT2D eigenvalue weighted by molar-refractivity contribution is 0.184. The molecule has 0 saturated heterocycles. The van der Waals surface area contributed by atoms with Crippen molar-refractivity contribution < 1.29 is 4.74 Å². The molecular weight excluding hydrogens is 284 g/mol. The number of hydrogen-bond donors (Lipinski definition) is 1. The number of methoxy groups -OCH3 is 1. The molecule has 3 rings (SSSR count). The van der Waals surface area contributed by atoms with Crippen LogP contribution in [0.15, 0.2) is 53.3 Å². The largest absolute Gasteiger partial charge is 0.380 e. The van der Waals surface area contributed by atoms with Gasteiger partial charge in [-0.05, 0) is 30.4 Å². The molecule has 0 fully saturated rings. The van der Waals surface area contributed by atoms with Crippen LogP contribution < -0.4 is 5.56 Å². The highest BCUT2D eigenvalue weighted by molar-refractivity contribution is 7.71. The third kappa shape index (κ3) is 2.41. The van der Waals surface area contributed by atoms with Gasteiger partial charge in [-0.2, -0.15) is 0 Å². The average molecular weight is 298 g/mol. The summed E-state index contributed by atoms with van der Waals surface area (Å²) in [5, 5.41) is 0.610. The van der Waals surface area contributed by atoms with E-state index < -0.39 is 0 Å². The van der Waals surface area contributed by atoms with Gasteiger partial charge >= 0.3 is 0 Å². The molecule has 0 atom stereocenters. The topological polar surface area (TPSA) is 47.0 Å². The van der Waals surface area contributed by atoms with Crippen molar-refractivity contribution in [3.63, 3.8) is 0 Å². The van der Waals surface area contributed by atoms with Crippen LogP contribution in [0.25, 0.3) is 16.6 Å². The van der Waals surface area contributed by atoms with Gasteiger partial charge < -0.3 is 9.72 Å². The van der Waals surface area contributed by atoms with E-state index in [-0.39, 0.29) is 5.56 Å². The van der Waals surface area contributed by atoms with E-state index in [9.17, 15) is 4.79 Å². The highest BCUT2D eigenvalue weighted by Crippen LogP contribution is 2.16. The molecule has 5 heteroatoms. The third-order valence-electron chi connectivity index (χ3n) is 3.34. The van der Waals surface area contributed by atoms with Crippen molar-refractivity contribution in [1.29, 1.82) is 0 Å². The zero-order valence-corrected chi connectivity index (χ0v) is 12.3. The van der Waals surface area contributed by atoms with E-state index in [0.717, 1.165) is 16.8 Å². The predicted molar refractivity (Wildman–Crippen MR) is 85.4 cm³/mol. The molecule has 0 saturated carbocycles. The van der Waals surface area contributed by atoms with Gasteiger partial charge in [-0.15, -0.1) is 0 Å². The number of benzene rings is 2. The second-order valence-corrected chi connectivity index (χ2v) is 5.06. The quantitative estimate of drug-likeness (QED) is 0.755. The zero-order valence-electron chi connectivity index (χ0n) is 11.5. The summed E-state index contributed by atoms with van der Waals surface area (Å²) in [6.45, 7) is 0.421. The summed E-state index contributed by atoms with van der Waals surface area (Å²) in [6.07, 6.45) is 0. The number of fused-ring (bicyclic) bond motifs is 1. The maximum atomic E-state index is 12.7. The summed E-state index contributed by atoms with van der Waals surface area (Å²) in [7, 11) is 1.63. The van der Waals surface area contributed by atoms with Gasteiger partial charge in [0, 0.05) is 12.7 Å². The lowest BCUT2D eigenvalue weighted by atomic mass is 10.2. The Hall–Kier alpha value is -2.24. The number of nitrogens with one attached hydrogen (secondary N) is 1. The van der Waals surface area contributed by atoms with Crippen LogP contribution in [0.1, 0.15) is 5.56 Å². The van der Waals surface area contributed by atoms with Gasteiger partial charge in [0.2, 0.25) is 0 Å². The molecule has 2 aromatic carbocycles. The summed E-state index contributed by atoms with van der Waals surface area (Å²) in [5.74, 6) is 0. The molecule has 0 unspecified atom stereocenters. The van der Waals surface area contributed by atoms with Crippen molar-refractivity contribution >= 4 is 23.1 Å². The molecule has 0 bridgehead atoms.